The maximum atomic E-state index is 12.0. The summed E-state index contributed by atoms with van der Waals surface area (Å²) in [5.41, 5.74) is -0.488. The van der Waals surface area contributed by atoms with Crippen LogP contribution in [0.5, 0.6) is 0 Å². The van der Waals surface area contributed by atoms with Crippen LogP contribution in [-0.2, 0) is 11.8 Å². The number of nitrogens with one attached hydrogen (secondary N) is 1. The predicted octanol–water partition coefficient (Wildman–Crippen LogP) is -1.63. The molecule has 2 heterocycles. The summed E-state index contributed by atoms with van der Waals surface area (Å²) >= 11 is 7.19. The number of halogens is 1. The van der Waals surface area contributed by atoms with Crippen molar-refractivity contribution in [2.45, 2.75) is 35.8 Å². The minimum Gasteiger partial charge on any atom is -0.394 e. The molecule has 23 heavy (non-hydrogen) atoms. The smallest absolute Gasteiger partial charge is 0.274 e. The molecule has 0 amide bonds. The van der Waals surface area contributed by atoms with Crippen molar-refractivity contribution >= 4 is 29.2 Å². The molecule has 1 aromatic rings. The standard InChI is InChI=1S/C12H18ClN3O6S/c1-16-11(21)5(13)9(15-12(16)23-2)14-10-8(20)7(19)6(18)4(3-17)22-10/h4,6-8,10,14,17-20H,3H2,1-2H3/t4-,6+,7+,8-,10+/m0/s1. The summed E-state index contributed by atoms with van der Waals surface area (Å²) in [6, 6.07) is 0. The van der Waals surface area contributed by atoms with Crippen molar-refractivity contribution in [1.82, 2.24) is 9.55 Å². The molecular weight excluding hydrogens is 350 g/mol. The Bertz CT molecular complexity index is 628. The molecule has 0 aromatic carbocycles. The number of rotatable bonds is 4. The van der Waals surface area contributed by atoms with Gasteiger partial charge in [-0.25, -0.2) is 4.98 Å². The second-order valence-electron chi connectivity index (χ2n) is 5.02. The third-order valence-corrected chi connectivity index (χ3v) is 4.62. The molecule has 5 atom stereocenters. The average Bonchev–Trinajstić information content (AvgIpc) is 2.55. The third kappa shape index (κ3) is 3.48. The number of nitrogens with zero attached hydrogens (tertiary/aromatic N) is 2. The molecule has 0 unspecified atom stereocenters. The number of thioether (sulfide) groups is 1. The molecule has 0 bridgehead atoms. The van der Waals surface area contributed by atoms with Gasteiger partial charge in [0.1, 0.15) is 29.4 Å². The Morgan fingerprint density at radius 2 is 2.00 bits per heavy atom. The van der Waals surface area contributed by atoms with Gasteiger partial charge in [0, 0.05) is 7.05 Å². The van der Waals surface area contributed by atoms with Crippen LogP contribution in [0.4, 0.5) is 5.82 Å². The summed E-state index contributed by atoms with van der Waals surface area (Å²) in [5, 5.41) is 41.5. The summed E-state index contributed by atoms with van der Waals surface area (Å²) in [7, 11) is 1.52. The zero-order valence-corrected chi connectivity index (χ0v) is 14.0. The Labute approximate surface area is 140 Å². The lowest BCUT2D eigenvalue weighted by Gasteiger charge is -2.40. The van der Waals surface area contributed by atoms with Gasteiger partial charge >= 0.3 is 0 Å². The highest BCUT2D eigenvalue weighted by Gasteiger charge is 2.43. The minimum absolute atomic E-state index is 0.0246. The molecule has 0 spiro atoms. The number of hydrogen-bond donors (Lipinski definition) is 5. The minimum atomic E-state index is -1.54. The van der Waals surface area contributed by atoms with Gasteiger partial charge in [-0.05, 0) is 6.26 Å². The molecule has 130 valence electrons. The van der Waals surface area contributed by atoms with Crippen LogP contribution in [0.1, 0.15) is 0 Å². The van der Waals surface area contributed by atoms with Gasteiger partial charge in [-0.2, -0.15) is 0 Å². The molecule has 1 fully saturated rings. The summed E-state index contributed by atoms with van der Waals surface area (Å²) in [5.74, 6) is -0.0246. The number of ether oxygens (including phenoxy) is 1. The molecule has 2 rings (SSSR count). The Morgan fingerprint density at radius 3 is 2.57 bits per heavy atom. The fourth-order valence-electron chi connectivity index (χ4n) is 2.19. The van der Waals surface area contributed by atoms with E-state index in [0.29, 0.717) is 5.16 Å². The molecule has 1 aliphatic rings. The van der Waals surface area contributed by atoms with Crippen LogP contribution in [0, 0.1) is 0 Å². The summed E-state index contributed by atoms with van der Waals surface area (Å²) < 4.78 is 6.57. The molecule has 0 radical (unpaired) electrons. The highest BCUT2D eigenvalue weighted by molar-refractivity contribution is 7.98. The van der Waals surface area contributed by atoms with E-state index in [0.717, 1.165) is 0 Å². The Kier molecular flexibility index (Phi) is 5.89. The Hall–Kier alpha value is -0.880. The monoisotopic (exact) mass is 367 g/mol. The van der Waals surface area contributed by atoms with Gasteiger partial charge < -0.3 is 30.5 Å². The fourth-order valence-corrected chi connectivity index (χ4v) is 2.95. The van der Waals surface area contributed by atoms with Crippen LogP contribution in [0.2, 0.25) is 5.02 Å². The first kappa shape index (κ1) is 18.5. The van der Waals surface area contributed by atoms with Crippen LogP contribution in [0.25, 0.3) is 0 Å². The van der Waals surface area contributed by atoms with Crippen molar-refractivity contribution in [1.29, 1.82) is 0 Å². The molecule has 0 saturated carbocycles. The zero-order chi connectivity index (χ0) is 17.3. The van der Waals surface area contributed by atoms with Gasteiger partial charge in [-0.1, -0.05) is 23.4 Å². The lowest BCUT2D eigenvalue weighted by Crippen LogP contribution is -2.60. The average molecular weight is 368 g/mol. The lowest BCUT2D eigenvalue weighted by atomic mass is 9.98. The van der Waals surface area contributed by atoms with E-state index < -0.39 is 42.8 Å². The molecule has 11 heteroatoms. The van der Waals surface area contributed by atoms with E-state index in [9.17, 15) is 20.1 Å². The molecule has 0 aliphatic carbocycles. The van der Waals surface area contributed by atoms with Gasteiger partial charge in [-0.15, -0.1) is 0 Å². The topological polar surface area (TPSA) is 137 Å². The first-order chi connectivity index (χ1) is 10.8. The van der Waals surface area contributed by atoms with Gasteiger partial charge in [0.05, 0.1) is 6.61 Å². The summed E-state index contributed by atoms with van der Waals surface area (Å²) in [4.78, 5) is 16.2. The van der Waals surface area contributed by atoms with Crippen molar-refractivity contribution in [3.05, 3.63) is 15.4 Å². The second-order valence-corrected chi connectivity index (χ2v) is 6.17. The molecule has 1 saturated heterocycles. The maximum absolute atomic E-state index is 12.0. The van der Waals surface area contributed by atoms with Gasteiger partial charge in [0.25, 0.3) is 5.56 Å². The molecular formula is C12H18ClN3O6S. The SMILES string of the molecule is CSc1nc(N[C@@H]2O[C@@H](CO)[C@@H](O)[C@@H](O)[C@@H]2O)c(Cl)c(=O)n1C. The highest BCUT2D eigenvalue weighted by atomic mass is 35.5. The highest BCUT2D eigenvalue weighted by Crippen LogP contribution is 2.25. The Balaban J connectivity index is 2.31. The quantitative estimate of drug-likeness (QED) is 0.313. The normalized spacial score (nSPS) is 31.2. The lowest BCUT2D eigenvalue weighted by molar-refractivity contribution is -0.221. The van der Waals surface area contributed by atoms with Crippen LogP contribution in [0.15, 0.2) is 9.95 Å². The third-order valence-electron chi connectivity index (χ3n) is 3.55. The van der Waals surface area contributed by atoms with Crippen LogP contribution < -0.4 is 10.9 Å². The van der Waals surface area contributed by atoms with E-state index in [4.69, 9.17) is 21.4 Å². The number of aliphatic hydroxyl groups excluding tert-OH is 4. The van der Waals surface area contributed by atoms with E-state index in [1.54, 1.807) is 6.26 Å². The van der Waals surface area contributed by atoms with Crippen LogP contribution in [0.3, 0.4) is 0 Å². The second kappa shape index (κ2) is 7.34. The first-order valence-electron chi connectivity index (χ1n) is 6.69. The maximum Gasteiger partial charge on any atom is 0.274 e. The van der Waals surface area contributed by atoms with Gasteiger partial charge in [0.15, 0.2) is 17.2 Å². The van der Waals surface area contributed by atoms with Crippen molar-refractivity contribution in [2.24, 2.45) is 7.05 Å². The van der Waals surface area contributed by atoms with Gasteiger partial charge in [0.2, 0.25) is 0 Å². The van der Waals surface area contributed by atoms with Crippen LogP contribution >= 0.6 is 23.4 Å². The number of aromatic nitrogens is 2. The van der Waals surface area contributed by atoms with Crippen molar-refractivity contribution < 1.29 is 25.2 Å². The Morgan fingerprint density at radius 1 is 1.35 bits per heavy atom. The summed E-state index contributed by atoms with van der Waals surface area (Å²) in [6.45, 7) is -0.559. The van der Waals surface area contributed by atoms with E-state index in [1.807, 2.05) is 0 Å². The van der Waals surface area contributed by atoms with Gasteiger partial charge in [-0.3, -0.25) is 9.36 Å². The van der Waals surface area contributed by atoms with Crippen molar-refractivity contribution in [3.63, 3.8) is 0 Å². The molecule has 5 N–H and O–H groups in total. The predicted molar refractivity (Wildman–Crippen MR) is 83.7 cm³/mol. The molecule has 9 nitrogen and oxygen atoms in total. The van der Waals surface area contributed by atoms with Crippen molar-refractivity contribution in [2.75, 3.05) is 18.2 Å². The van der Waals surface area contributed by atoms with E-state index >= 15 is 0 Å². The molecule has 1 aliphatic heterocycles. The largest absolute Gasteiger partial charge is 0.394 e. The number of aliphatic hydroxyl groups is 4. The number of hydrogen-bond acceptors (Lipinski definition) is 9. The van der Waals surface area contributed by atoms with E-state index in [2.05, 4.69) is 10.3 Å². The van der Waals surface area contributed by atoms with E-state index in [-0.39, 0.29) is 10.8 Å². The number of anilines is 1. The van der Waals surface area contributed by atoms with E-state index in [1.165, 1.54) is 23.4 Å². The first-order valence-corrected chi connectivity index (χ1v) is 8.29. The van der Waals surface area contributed by atoms with Crippen LogP contribution in [-0.4, -0.2) is 73.5 Å². The summed E-state index contributed by atoms with van der Waals surface area (Å²) in [6.07, 6.45) is -5.07. The van der Waals surface area contributed by atoms with Crippen molar-refractivity contribution in [3.8, 4) is 0 Å². The fraction of sp³-hybridized carbons (Fsp3) is 0.667. The molecule has 1 aromatic heterocycles. The zero-order valence-electron chi connectivity index (χ0n) is 12.4.